The van der Waals surface area contributed by atoms with Crippen molar-refractivity contribution in [2.45, 2.75) is 87.0 Å². The molecule has 2 aromatic rings. The van der Waals surface area contributed by atoms with Gasteiger partial charge in [-0.1, -0.05) is 53.7 Å². The van der Waals surface area contributed by atoms with E-state index in [0.717, 1.165) is 0 Å². The van der Waals surface area contributed by atoms with Crippen molar-refractivity contribution in [3.8, 4) is 0 Å². The lowest BCUT2D eigenvalue weighted by Gasteiger charge is -2.34. The van der Waals surface area contributed by atoms with Gasteiger partial charge in [0.25, 0.3) is 0 Å². The molecule has 0 spiro atoms. The molecular weight excluding hydrogens is 326 g/mol. The molecule has 0 aromatic heterocycles. The van der Waals surface area contributed by atoms with Gasteiger partial charge in [0.1, 0.15) is 0 Å². The molecule has 0 saturated heterocycles. The summed E-state index contributed by atoms with van der Waals surface area (Å²) in [5, 5.41) is 0. The monoisotopic (exact) mass is 365 g/mol. The average molecular weight is 366 g/mol. The van der Waals surface area contributed by atoms with Crippen LogP contribution in [0.25, 0.3) is 0 Å². The van der Waals surface area contributed by atoms with Gasteiger partial charge in [-0.3, -0.25) is 0 Å². The number of nitrogens with zero attached hydrogens (tertiary/aromatic N) is 1. The molecule has 148 valence electrons. The Balaban J connectivity index is 2.76. The van der Waals surface area contributed by atoms with E-state index in [-0.39, 0.29) is 10.8 Å². The van der Waals surface area contributed by atoms with Crippen molar-refractivity contribution in [2.24, 2.45) is 0 Å². The first kappa shape index (κ1) is 21.5. The number of benzene rings is 2. The summed E-state index contributed by atoms with van der Waals surface area (Å²) >= 11 is 0. The first-order chi connectivity index (χ1) is 12.2. The zero-order chi connectivity index (χ0) is 20.9. The summed E-state index contributed by atoms with van der Waals surface area (Å²) in [5.74, 6) is 0. The van der Waals surface area contributed by atoms with Gasteiger partial charge in [-0.25, -0.2) is 0 Å². The highest BCUT2D eigenvalue weighted by molar-refractivity contribution is 5.75. The minimum atomic E-state index is 0.0848. The van der Waals surface area contributed by atoms with Gasteiger partial charge in [-0.2, -0.15) is 0 Å². The van der Waals surface area contributed by atoms with Crippen LogP contribution >= 0.6 is 0 Å². The van der Waals surface area contributed by atoms with E-state index in [1.54, 1.807) is 0 Å². The van der Waals surface area contributed by atoms with Crippen LogP contribution in [0, 0.1) is 34.6 Å². The Morgan fingerprint density at radius 2 is 1.07 bits per heavy atom. The van der Waals surface area contributed by atoms with Crippen molar-refractivity contribution < 1.29 is 0 Å². The van der Waals surface area contributed by atoms with E-state index in [0.29, 0.717) is 0 Å². The molecule has 27 heavy (non-hydrogen) atoms. The number of hydrogen-bond donors (Lipinski definition) is 0. The fraction of sp³-hybridized carbons (Fsp3) is 0.538. The number of rotatable bonds is 2. The molecular formula is C26H39N. The lowest BCUT2D eigenvalue weighted by Crippen LogP contribution is -2.23. The molecule has 0 amide bonds. The van der Waals surface area contributed by atoms with E-state index in [1.807, 2.05) is 0 Å². The molecule has 0 heterocycles. The van der Waals surface area contributed by atoms with Gasteiger partial charge in [0, 0.05) is 18.4 Å². The molecule has 0 atom stereocenters. The molecule has 2 aromatic carbocycles. The molecule has 0 aliphatic rings. The van der Waals surface area contributed by atoms with Crippen molar-refractivity contribution in [3.05, 3.63) is 57.1 Å². The van der Waals surface area contributed by atoms with Crippen LogP contribution in [0.15, 0.2) is 18.2 Å². The molecule has 2 rings (SSSR count). The van der Waals surface area contributed by atoms with E-state index in [4.69, 9.17) is 0 Å². The molecule has 1 heteroatoms. The Morgan fingerprint density at radius 1 is 0.630 bits per heavy atom. The van der Waals surface area contributed by atoms with Gasteiger partial charge in [-0.05, 0) is 90.5 Å². The van der Waals surface area contributed by atoms with Crippen LogP contribution in [-0.4, -0.2) is 7.05 Å². The molecule has 0 aliphatic heterocycles. The predicted octanol–water partition coefficient (Wildman–Crippen LogP) is 7.59. The second kappa shape index (κ2) is 7.00. The summed E-state index contributed by atoms with van der Waals surface area (Å²) in [6.45, 7) is 25.1. The lowest BCUT2D eigenvalue weighted by molar-refractivity contribution is 0.569. The maximum atomic E-state index is 2.42. The Bertz CT molecular complexity index is 828. The smallest absolute Gasteiger partial charge is 0.0473 e. The summed E-state index contributed by atoms with van der Waals surface area (Å²) in [4.78, 5) is 2.41. The van der Waals surface area contributed by atoms with Crippen LogP contribution in [-0.2, 0) is 10.8 Å². The fourth-order valence-electron chi connectivity index (χ4n) is 4.00. The second-order valence-corrected chi connectivity index (χ2v) is 10.3. The van der Waals surface area contributed by atoms with E-state index >= 15 is 0 Å². The minimum absolute atomic E-state index is 0.0848. The molecule has 0 aliphatic carbocycles. The molecule has 0 fully saturated rings. The van der Waals surface area contributed by atoms with E-state index in [9.17, 15) is 0 Å². The molecule has 1 nitrogen and oxygen atoms in total. The second-order valence-electron chi connectivity index (χ2n) is 10.3. The molecule has 0 saturated carbocycles. The normalized spacial score (nSPS) is 12.4. The molecule has 0 radical (unpaired) electrons. The summed E-state index contributed by atoms with van der Waals surface area (Å²) in [5.41, 5.74) is 12.7. The summed E-state index contributed by atoms with van der Waals surface area (Å²) in [7, 11) is 2.23. The average Bonchev–Trinajstić information content (AvgIpc) is 2.56. The van der Waals surface area contributed by atoms with Gasteiger partial charge in [-0.15, -0.1) is 0 Å². The maximum Gasteiger partial charge on any atom is 0.0473 e. The van der Waals surface area contributed by atoms with Gasteiger partial charge < -0.3 is 4.90 Å². The van der Waals surface area contributed by atoms with Crippen LogP contribution in [0.5, 0.6) is 0 Å². The predicted molar refractivity (Wildman–Crippen MR) is 122 cm³/mol. The summed E-state index contributed by atoms with van der Waals surface area (Å²) < 4.78 is 0. The maximum absolute atomic E-state index is 2.42. The molecule has 0 N–H and O–H groups in total. The van der Waals surface area contributed by atoms with Crippen molar-refractivity contribution in [2.75, 3.05) is 11.9 Å². The third-order valence-electron chi connectivity index (χ3n) is 6.33. The van der Waals surface area contributed by atoms with Crippen molar-refractivity contribution in [3.63, 3.8) is 0 Å². The highest BCUT2D eigenvalue weighted by Crippen LogP contribution is 2.41. The third-order valence-corrected chi connectivity index (χ3v) is 6.33. The first-order valence-corrected chi connectivity index (χ1v) is 10.1. The van der Waals surface area contributed by atoms with Crippen molar-refractivity contribution in [1.29, 1.82) is 0 Å². The van der Waals surface area contributed by atoms with Gasteiger partial charge >= 0.3 is 0 Å². The van der Waals surface area contributed by atoms with E-state index in [2.05, 4.69) is 106 Å². The van der Waals surface area contributed by atoms with Crippen LogP contribution in [0.3, 0.4) is 0 Å². The number of anilines is 2. The van der Waals surface area contributed by atoms with Crippen molar-refractivity contribution in [1.82, 2.24) is 0 Å². The Hall–Kier alpha value is -1.76. The summed E-state index contributed by atoms with van der Waals surface area (Å²) in [6, 6.07) is 7.05. The lowest BCUT2D eigenvalue weighted by atomic mass is 9.79. The van der Waals surface area contributed by atoms with E-state index < -0.39 is 0 Å². The largest absolute Gasteiger partial charge is 0.344 e. The van der Waals surface area contributed by atoms with E-state index in [1.165, 1.54) is 50.3 Å². The van der Waals surface area contributed by atoms with Gasteiger partial charge in [0.15, 0.2) is 0 Å². The van der Waals surface area contributed by atoms with Crippen LogP contribution in [0.2, 0.25) is 0 Å². The van der Waals surface area contributed by atoms with Crippen LogP contribution in [0.1, 0.15) is 80.5 Å². The van der Waals surface area contributed by atoms with Gasteiger partial charge in [0.2, 0.25) is 0 Å². The Kier molecular flexibility index (Phi) is 5.59. The SMILES string of the molecule is Cc1c(C)c(C)c(N(C)c2ccc(C(C)(C)C)cc2C(C)(C)C)c(C)c1C. The quantitative estimate of drug-likeness (QED) is 0.530. The van der Waals surface area contributed by atoms with Crippen LogP contribution < -0.4 is 4.90 Å². The minimum Gasteiger partial charge on any atom is -0.344 e. The first-order valence-electron chi connectivity index (χ1n) is 10.1. The zero-order valence-electron chi connectivity index (χ0n) is 19.7. The zero-order valence-corrected chi connectivity index (χ0v) is 19.7. The van der Waals surface area contributed by atoms with Crippen molar-refractivity contribution >= 4 is 11.4 Å². The van der Waals surface area contributed by atoms with Gasteiger partial charge in [0.05, 0.1) is 0 Å². The third kappa shape index (κ3) is 3.93. The Morgan fingerprint density at radius 3 is 1.48 bits per heavy atom. The summed E-state index contributed by atoms with van der Waals surface area (Å²) in [6.07, 6.45) is 0. The highest BCUT2D eigenvalue weighted by atomic mass is 15.1. The highest BCUT2D eigenvalue weighted by Gasteiger charge is 2.25. The standard InChI is InChI=1S/C26H39N/c1-16-17(2)19(4)24(20(5)18(16)3)27(12)23-14-13-21(25(6,7)8)15-22(23)26(9,10)11/h13-15H,1-12H3. The Labute approximate surface area is 167 Å². The molecule has 0 bridgehead atoms. The fourth-order valence-corrected chi connectivity index (χ4v) is 4.00. The number of hydrogen-bond acceptors (Lipinski definition) is 1. The molecule has 0 unspecified atom stereocenters. The topological polar surface area (TPSA) is 3.24 Å². The van der Waals surface area contributed by atoms with Crippen LogP contribution in [0.4, 0.5) is 11.4 Å².